The van der Waals surface area contributed by atoms with Crippen molar-refractivity contribution >= 4 is 28.3 Å². The first-order valence-corrected chi connectivity index (χ1v) is 11.6. The highest BCUT2D eigenvalue weighted by molar-refractivity contribution is 6.12. The number of amides is 1. The van der Waals surface area contributed by atoms with E-state index in [-0.39, 0.29) is 11.9 Å². The van der Waals surface area contributed by atoms with Gasteiger partial charge < -0.3 is 15.1 Å². The van der Waals surface area contributed by atoms with E-state index in [1.807, 2.05) is 16.8 Å². The fourth-order valence-electron chi connectivity index (χ4n) is 4.53. The standard InChI is InChI=1S/C25H32N6O/c1-16(2)31-24-21(15-26-31)20(14-22(28-24)18-5-6-18)25(32)27-19-7-8-23(17(3)13-19)30-11-9-29(4)10-12-30/h7-8,13-16,18H,5-6,9-12H2,1-4H3,(H,27,32). The topological polar surface area (TPSA) is 66.3 Å². The number of nitrogens with one attached hydrogen (secondary N) is 1. The number of likely N-dealkylation sites (N-methyl/N-ethyl adjacent to an activating group) is 1. The zero-order valence-electron chi connectivity index (χ0n) is 19.4. The molecule has 3 aromatic rings. The molecule has 0 unspecified atom stereocenters. The molecule has 0 bridgehead atoms. The molecule has 2 fully saturated rings. The van der Waals surface area contributed by atoms with Gasteiger partial charge in [-0.2, -0.15) is 5.10 Å². The molecule has 7 heteroatoms. The molecule has 32 heavy (non-hydrogen) atoms. The Morgan fingerprint density at radius 2 is 1.88 bits per heavy atom. The summed E-state index contributed by atoms with van der Waals surface area (Å²) in [6, 6.07) is 8.37. The van der Waals surface area contributed by atoms with Crippen LogP contribution >= 0.6 is 0 Å². The van der Waals surface area contributed by atoms with Crippen molar-refractivity contribution in [3.05, 3.63) is 47.3 Å². The number of hydrogen-bond acceptors (Lipinski definition) is 5. The number of pyridine rings is 1. The van der Waals surface area contributed by atoms with Crippen LogP contribution in [-0.4, -0.2) is 58.8 Å². The van der Waals surface area contributed by atoms with E-state index in [4.69, 9.17) is 4.98 Å². The molecule has 1 aliphatic carbocycles. The van der Waals surface area contributed by atoms with Crippen molar-refractivity contribution in [1.82, 2.24) is 19.7 Å². The largest absolute Gasteiger partial charge is 0.369 e. The lowest BCUT2D eigenvalue weighted by atomic mass is 10.1. The van der Waals surface area contributed by atoms with Crippen molar-refractivity contribution in [3.8, 4) is 0 Å². The van der Waals surface area contributed by atoms with Gasteiger partial charge in [-0.3, -0.25) is 4.79 Å². The normalized spacial score (nSPS) is 17.3. The number of anilines is 2. The van der Waals surface area contributed by atoms with Crippen molar-refractivity contribution in [1.29, 1.82) is 0 Å². The van der Waals surface area contributed by atoms with Crippen LogP contribution in [0.3, 0.4) is 0 Å². The zero-order chi connectivity index (χ0) is 22.4. The Kier molecular flexibility index (Phi) is 5.37. The number of carbonyl (C=O) groups is 1. The Balaban J connectivity index is 1.42. The summed E-state index contributed by atoms with van der Waals surface area (Å²) in [6.07, 6.45) is 4.06. The van der Waals surface area contributed by atoms with Crippen LogP contribution in [0.5, 0.6) is 0 Å². The van der Waals surface area contributed by atoms with Gasteiger partial charge in [0, 0.05) is 55.2 Å². The summed E-state index contributed by atoms with van der Waals surface area (Å²) in [4.78, 5) is 23.0. The third-order valence-electron chi connectivity index (χ3n) is 6.61. The summed E-state index contributed by atoms with van der Waals surface area (Å²) < 4.78 is 1.91. The maximum absolute atomic E-state index is 13.3. The van der Waals surface area contributed by atoms with E-state index in [0.29, 0.717) is 11.5 Å². The monoisotopic (exact) mass is 432 g/mol. The average Bonchev–Trinajstić information content (AvgIpc) is 3.52. The van der Waals surface area contributed by atoms with E-state index in [2.05, 4.69) is 60.2 Å². The summed E-state index contributed by atoms with van der Waals surface area (Å²) in [5.74, 6) is 0.362. The van der Waals surface area contributed by atoms with Gasteiger partial charge in [0.25, 0.3) is 5.91 Å². The predicted octanol–water partition coefficient (Wildman–Crippen LogP) is 4.20. The second-order valence-corrected chi connectivity index (χ2v) is 9.53. The zero-order valence-corrected chi connectivity index (χ0v) is 19.4. The second-order valence-electron chi connectivity index (χ2n) is 9.53. The van der Waals surface area contributed by atoms with Crippen LogP contribution in [0.2, 0.25) is 0 Å². The molecular weight excluding hydrogens is 400 g/mol. The molecular formula is C25H32N6O. The van der Waals surface area contributed by atoms with Gasteiger partial charge in [-0.1, -0.05) is 0 Å². The van der Waals surface area contributed by atoms with E-state index >= 15 is 0 Å². The Hall–Kier alpha value is -2.93. The lowest BCUT2D eigenvalue weighted by Gasteiger charge is -2.35. The van der Waals surface area contributed by atoms with Crippen LogP contribution in [0.25, 0.3) is 11.0 Å². The van der Waals surface area contributed by atoms with Crippen LogP contribution in [-0.2, 0) is 0 Å². The Morgan fingerprint density at radius 1 is 1.12 bits per heavy atom. The van der Waals surface area contributed by atoms with Crippen molar-refractivity contribution in [2.45, 2.75) is 45.6 Å². The minimum absolute atomic E-state index is 0.102. The van der Waals surface area contributed by atoms with E-state index in [0.717, 1.165) is 61.4 Å². The summed E-state index contributed by atoms with van der Waals surface area (Å²) in [6.45, 7) is 10.5. The first-order chi connectivity index (χ1) is 15.4. The lowest BCUT2D eigenvalue weighted by molar-refractivity contribution is 0.102. The molecule has 7 nitrogen and oxygen atoms in total. The van der Waals surface area contributed by atoms with E-state index in [1.54, 1.807) is 6.20 Å². The van der Waals surface area contributed by atoms with Gasteiger partial charge >= 0.3 is 0 Å². The summed E-state index contributed by atoms with van der Waals surface area (Å²) >= 11 is 0. The van der Waals surface area contributed by atoms with Crippen LogP contribution in [0.15, 0.2) is 30.5 Å². The predicted molar refractivity (Wildman–Crippen MR) is 129 cm³/mol. The number of carbonyl (C=O) groups excluding carboxylic acids is 1. The number of piperazine rings is 1. The number of aromatic nitrogens is 3. The molecule has 0 spiro atoms. The number of benzene rings is 1. The highest BCUT2D eigenvalue weighted by Gasteiger charge is 2.28. The SMILES string of the molecule is Cc1cc(NC(=O)c2cc(C3CC3)nc3c2cnn3C(C)C)ccc1N1CCN(C)CC1. The molecule has 1 aliphatic heterocycles. The van der Waals surface area contributed by atoms with Gasteiger partial charge in [0.1, 0.15) is 0 Å². The highest BCUT2D eigenvalue weighted by Crippen LogP contribution is 2.40. The van der Waals surface area contributed by atoms with Gasteiger partial charge in [-0.05, 0) is 70.5 Å². The number of fused-ring (bicyclic) bond motifs is 1. The molecule has 5 rings (SSSR count). The van der Waals surface area contributed by atoms with Gasteiger partial charge in [0.05, 0.1) is 17.1 Å². The third-order valence-corrected chi connectivity index (χ3v) is 6.61. The lowest BCUT2D eigenvalue weighted by Crippen LogP contribution is -2.44. The molecule has 1 aromatic carbocycles. The number of hydrogen-bond donors (Lipinski definition) is 1. The van der Waals surface area contributed by atoms with E-state index in [9.17, 15) is 4.79 Å². The third kappa shape index (κ3) is 3.97. The molecule has 1 N–H and O–H groups in total. The second kappa shape index (κ2) is 8.20. The van der Waals surface area contributed by atoms with Gasteiger partial charge in [0.2, 0.25) is 0 Å². The first-order valence-electron chi connectivity index (χ1n) is 11.6. The molecule has 2 aliphatic rings. The van der Waals surface area contributed by atoms with Crippen LogP contribution in [0, 0.1) is 6.92 Å². The molecule has 168 valence electrons. The maximum Gasteiger partial charge on any atom is 0.256 e. The Labute approximate surface area is 189 Å². The van der Waals surface area contributed by atoms with Crippen LogP contribution in [0.1, 0.15) is 60.3 Å². The fraction of sp³-hybridized carbons (Fsp3) is 0.480. The summed E-state index contributed by atoms with van der Waals surface area (Å²) in [5, 5.41) is 8.45. The average molecular weight is 433 g/mol. The summed E-state index contributed by atoms with van der Waals surface area (Å²) in [5.41, 5.74) is 5.71. The smallest absolute Gasteiger partial charge is 0.256 e. The summed E-state index contributed by atoms with van der Waals surface area (Å²) in [7, 11) is 2.17. The van der Waals surface area contributed by atoms with Gasteiger partial charge in [0.15, 0.2) is 5.65 Å². The minimum atomic E-state index is -0.102. The van der Waals surface area contributed by atoms with Crippen molar-refractivity contribution in [2.24, 2.45) is 0 Å². The number of nitrogens with zero attached hydrogens (tertiary/aromatic N) is 5. The molecule has 3 heterocycles. The number of rotatable bonds is 5. The highest BCUT2D eigenvalue weighted by atomic mass is 16.1. The van der Waals surface area contributed by atoms with Gasteiger partial charge in [-0.25, -0.2) is 9.67 Å². The fourth-order valence-corrected chi connectivity index (χ4v) is 4.53. The molecule has 2 aromatic heterocycles. The molecule has 1 amide bonds. The van der Waals surface area contributed by atoms with Crippen molar-refractivity contribution in [3.63, 3.8) is 0 Å². The molecule has 0 radical (unpaired) electrons. The first kappa shape index (κ1) is 20.9. The Morgan fingerprint density at radius 3 is 2.53 bits per heavy atom. The minimum Gasteiger partial charge on any atom is -0.369 e. The van der Waals surface area contributed by atoms with E-state index in [1.165, 1.54) is 11.3 Å². The van der Waals surface area contributed by atoms with Crippen molar-refractivity contribution in [2.75, 3.05) is 43.4 Å². The molecule has 1 saturated heterocycles. The molecule has 1 saturated carbocycles. The maximum atomic E-state index is 13.3. The van der Waals surface area contributed by atoms with Crippen molar-refractivity contribution < 1.29 is 4.79 Å². The quantitative estimate of drug-likeness (QED) is 0.654. The van der Waals surface area contributed by atoms with Crippen LogP contribution in [0.4, 0.5) is 11.4 Å². The van der Waals surface area contributed by atoms with Crippen LogP contribution < -0.4 is 10.2 Å². The number of aryl methyl sites for hydroxylation is 1. The van der Waals surface area contributed by atoms with Gasteiger partial charge in [-0.15, -0.1) is 0 Å². The Bertz CT molecular complexity index is 1150. The molecule has 0 atom stereocenters. The van der Waals surface area contributed by atoms with E-state index < -0.39 is 0 Å².